The van der Waals surface area contributed by atoms with E-state index in [1.165, 1.54) is 24.3 Å². The highest BCUT2D eigenvalue weighted by Gasteiger charge is 2.55. The molecule has 0 bridgehead atoms. The van der Waals surface area contributed by atoms with E-state index in [9.17, 15) is 36.2 Å². The number of alkyl halides is 6. The number of amides is 1. The molecule has 0 saturated carbocycles. The molecule has 0 aliphatic rings. The highest BCUT2D eigenvalue weighted by molar-refractivity contribution is 9.11. The molecule has 2 rings (SSSR count). The highest BCUT2D eigenvalue weighted by atomic mass is 79.9. The molecule has 0 aliphatic heterocycles. The van der Waals surface area contributed by atoms with Crippen LogP contribution >= 0.6 is 47.8 Å². The fourth-order valence-corrected chi connectivity index (χ4v) is 4.44. The van der Waals surface area contributed by atoms with Crippen LogP contribution in [0, 0.1) is 0 Å². The molecule has 1 atom stereocenters. The van der Waals surface area contributed by atoms with Crippen molar-refractivity contribution in [2.45, 2.75) is 30.9 Å². The van der Waals surface area contributed by atoms with Gasteiger partial charge >= 0.3 is 12.4 Å². The largest absolute Gasteiger partial charge is 0.423 e. The number of aliphatic hydroxyl groups is 1. The van der Waals surface area contributed by atoms with Crippen LogP contribution in [0.2, 0.25) is 0 Å². The average Bonchev–Trinajstić information content (AvgIpc) is 2.62. The van der Waals surface area contributed by atoms with E-state index in [4.69, 9.17) is 0 Å². The number of rotatable bonds is 7. The summed E-state index contributed by atoms with van der Waals surface area (Å²) in [6, 6.07) is 8.02. The first-order valence-corrected chi connectivity index (χ1v) is 11.1. The number of carbonyl (C=O) groups excluding carboxylic acids is 1. The lowest BCUT2D eigenvalue weighted by Gasteiger charge is -2.32. The maximum absolute atomic E-state index is 13.7. The van der Waals surface area contributed by atoms with Crippen LogP contribution in [0.1, 0.15) is 17.5 Å². The first-order valence-electron chi connectivity index (χ1n) is 8.72. The van der Waals surface area contributed by atoms with Crippen LogP contribution in [0.3, 0.4) is 0 Å². The van der Waals surface area contributed by atoms with Gasteiger partial charge in [-0.15, -0.1) is 0 Å². The average molecular weight is 657 g/mol. The SMILES string of the molecule is O=C(CC(F)(F)F)NCc1ccc(NC[C@](O)(c2cc(Br)cc(Br)c2)C(F)(F)F)cc1Br. The van der Waals surface area contributed by atoms with Crippen LogP contribution in [0.25, 0.3) is 0 Å². The lowest BCUT2D eigenvalue weighted by atomic mass is 9.93. The number of halogens is 9. The van der Waals surface area contributed by atoms with E-state index in [1.54, 1.807) is 0 Å². The van der Waals surface area contributed by atoms with Gasteiger partial charge in [0.05, 0.1) is 6.54 Å². The highest BCUT2D eigenvalue weighted by Crippen LogP contribution is 2.41. The van der Waals surface area contributed by atoms with E-state index in [1.807, 2.05) is 0 Å². The van der Waals surface area contributed by atoms with Crippen molar-refractivity contribution >= 4 is 59.4 Å². The van der Waals surface area contributed by atoms with Gasteiger partial charge in [0.25, 0.3) is 0 Å². The third-order valence-corrected chi connectivity index (χ3v) is 5.90. The third kappa shape index (κ3) is 7.35. The molecule has 4 nitrogen and oxygen atoms in total. The van der Waals surface area contributed by atoms with Crippen molar-refractivity contribution in [3.05, 3.63) is 60.9 Å². The molecule has 3 N–H and O–H groups in total. The van der Waals surface area contributed by atoms with Crippen molar-refractivity contribution in [1.82, 2.24) is 5.32 Å². The van der Waals surface area contributed by atoms with Crippen molar-refractivity contribution < 1.29 is 36.2 Å². The maximum Gasteiger partial charge on any atom is 0.423 e. The minimum atomic E-state index is -5.00. The van der Waals surface area contributed by atoms with Crippen LogP contribution in [0.4, 0.5) is 32.0 Å². The number of carbonyl (C=O) groups is 1. The van der Waals surface area contributed by atoms with E-state index in [-0.39, 0.29) is 17.8 Å². The summed E-state index contributed by atoms with van der Waals surface area (Å²) < 4.78 is 78.9. The van der Waals surface area contributed by atoms with Gasteiger partial charge in [0, 0.05) is 25.7 Å². The Balaban J connectivity index is 2.14. The third-order valence-electron chi connectivity index (χ3n) is 4.25. The predicted molar refractivity (Wildman–Crippen MR) is 117 cm³/mol. The minimum absolute atomic E-state index is 0.207. The van der Waals surface area contributed by atoms with Crippen molar-refractivity contribution in [1.29, 1.82) is 0 Å². The van der Waals surface area contributed by atoms with E-state index in [2.05, 4.69) is 58.4 Å². The van der Waals surface area contributed by atoms with Gasteiger partial charge in [0.2, 0.25) is 11.5 Å². The van der Waals surface area contributed by atoms with Gasteiger partial charge in [0.1, 0.15) is 6.42 Å². The molecular weight excluding hydrogens is 642 g/mol. The van der Waals surface area contributed by atoms with Crippen molar-refractivity contribution in [2.75, 3.05) is 11.9 Å². The number of benzene rings is 2. The summed E-state index contributed by atoms with van der Waals surface area (Å²) in [5, 5.41) is 15.2. The van der Waals surface area contributed by atoms with Crippen molar-refractivity contribution in [2.24, 2.45) is 0 Å². The summed E-state index contributed by atoms with van der Waals surface area (Å²) in [4.78, 5) is 11.3. The molecule has 0 spiro atoms. The van der Waals surface area contributed by atoms with Gasteiger partial charge in [-0.05, 0) is 41.5 Å². The zero-order chi connectivity index (χ0) is 24.3. The molecule has 1 amide bonds. The Kier molecular flexibility index (Phi) is 8.68. The molecule has 0 fully saturated rings. The number of hydrogen-bond donors (Lipinski definition) is 3. The molecule has 0 aliphatic carbocycles. The molecule has 0 aromatic heterocycles. The smallest absolute Gasteiger partial charge is 0.381 e. The second-order valence-corrected chi connectivity index (χ2v) is 9.43. The minimum Gasteiger partial charge on any atom is -0.381 e. The Labute approximate surface area is 204 Å². The summed E-state index contributed by atoms with van der Waals surface area (Å²) >= 11 is 9.37. The molecule has 0 saturated heterocycles. The maximum atomic E-state index is 13.7. The van der Waals surface area contributed by atoms with Crippen molar-refractivity contribution in [3.8, 4) is 0 Å². The zero-order valence-corrected chi connectivity index (χ0v) is 20.6. The molecule has 0 unspecified atom stereocenters. The summed E-state index contributed by atoms with van der Waals surface area (Å²) in [6.45, 7) is -1.12. The van der Waals surface area contributed by atoms with Crippen LogP contribution < -0.4 is 10.6 Å². The molecule has 32 heavy (non-hydrogen) atoms. The number of anilines is 1. The molecule has 2 aromatic rings. The molecular formula is C19H15Br3F6N2O2. The van der Waals surface area contributed by atoms with E-state index in [0.717, 1.165) is 12.1 Å². The van der Waals surface area contributed by atoms with E-state index >= 15 is 0 Å². The fraction of sp³-hybridized carbons (Fsp3) is 0.316. The lowest BCUT2D eigenvalue weighted by Crippen LogP contribution is -2.47. The number of nitrogens with one attached hydrogen (secondary N) is 2. The second-order valence-electron chi connectivity index (χ2n) is 6.74. The standard InChI is InChI=1S/C19H15Br3F6N2O2/c20-12-3-11(4-13(21)5-12)17(32,19(26,27)28)9-30-14-2-1-10(15(22)6-14)8-29-16(31)7-18(23,24)25/h1-6,30,32H,7-9H2,(H,29,31)/t17-/m0/s1. The Bertz CT molecular complexity index is 964. The first kappa shape index (κ1) is 26.9. The Morgan fingerprint density at radius 2 is 1.53 bits per heavy atom. The summed E-state index contributed by atoms with van der Waals surface area (Å²) in [6.07, 6.45) is -11.2. The second kappa shape index (κ2) is 10.3. The number of hydrogen-bond acceptors (Lipinski definition) is 3. The van der Waals surface area contributed by atoms with Crippen LogP contribution in [-0.2, 0) is 16.9 Å². The topological polar surface area (TPSA) is 61.4 Å². The van der Waals surface area contributed by atoms with Gasteiger partial charge in [-0.3, -0.25) is 4.79 Å². The lowest BCUT2D eigenvalue weighted by molar-refractivity contribution is -0.260. The molecule has 0 heterocycles. The van der Waals surface area contributed by atoms with Crippen LogP contribution in [0.15, 0.2) is 49.8 Å². The summed E-state index contributed by atoms with van der Waals surface area (Å²) in [7, 11) is 0. The summed E-state index contributed by atoms with van der Waals surface area (Å²) in [5.41, 5.74) is -2.98. The Morgan fingerprint density at radius 1 is 0.938 bits per heavy atom. The summed E-state index contributed by atoms with van der Waals surface area (Å²) in [5.74, 6) is -1.21. The quantitative estimate of drug-likeness (QED) is 0.302. The zero-order valence-electron chi connectivity index (χ0n) is 15.8. The molecule has 0 radical (unpaired) electrons. The molecule has 176 valence electrons. The van der Waals surface area contributed by atoms with E-state index < -0.39 is 36.8 Å². The predicted octanol–water partition coefficient (Wildman–Crippen LogP) is 6.40. The van der Waals surface area contributed by atoms with E-state index in [0.29, 0.717) is 19.0 Å². The first-order chi connectivity index (χ1) is 14.6. The molecule has 2 aromatic carbocycles. The van der Waals surface area contributed by atoms with Gasteiger partial charge in [-0.2, -0.15) is 26.3 Å². The van der Waals surface area contributed by atoms with Crippen LogP contribution in [-0.4, -0.2) is 29.9 Å². The van der Waals surface area contributed by atoms with Crippen LogP contribution in [0.5, 0.6) is 0 Å². The Hall–Kier alpha value is -1.31. The molecule has 13 heteroatoms. The van der Waals surface area contributed by atoms with Gasteiger partial charge in [-0.1, -0.05) is 53.9 Å². The fourth-order valence-electron chi connectivity index (χ4n) is 2.63. The van der Waals surface area contributed by atoms with Gasteiger partial charge in [-0.25, -0.2) is 0 Å². The normalized spacial score (nSPS) is 14.1. The van der Waals surface area contributed by atoms with Gasteiger partial charge < -0.3 is 15.7 Å². The Morgan fingerprint density at radius 3 is 2.03 bits per heavy atom. The van der Waals surface area contributed by atoms with Gasteiger partial charge in [0.15, 0.2) is 0 Å². The monoisotopic (exact) mass is 654 g/mol. The van der Waals surface area contributed by atoms with Crippen molar-refractivity contribution in [3.63, 3.8) is 0 Å².